The van der Waals surface area contributed by atoms with E-state index in [4.69, 9.17) is 8.94 Å². The molecule has 1 aliphatic rings. The van der Waals surface area contributed by atoms with Gasteiger partial charge in [0, 0.05) is 19.0 Å². The topological polar surface area (TPSA) is 68.2 Å². The highest BCUT2D eigenvalue weighted by Gasteiger charge is 2.31. The third-order valence-corrected chi connectivity index (χ3v) is 4.45. The summed E-state index contributed by atoms with van der Waals surface area (Å²) in [5, 5.41) is 12.4. The summed E-state index contributed by atoms with van der Waals surface area (Å²) in [6.07, 6.45) is 1.60. The summed E-state index contributed by atoms with van der Waals surface area (Å²) in [6.45, 7) is 5.44. The van der Waals surface area contributed by atoms with Crippen molar-refractivity contribution >= 4 is 0 Å². The lowest BCUT2D eigenvalue weighted by molar-refractivity contribution is 0.123. The van der Waals surface area contributed by atoms with Crippen molar-refractivity contribution < 1.29 is 8.94 Å². The third kappa shape index (κ3) is 2.85. The molecule has 0 fully saturated rings. The lowest BCUT2D eigenvalue weighted by Crippen LogP contribution is -2.34. The number of aromatic nitrogens is 3. The minimum absolute atomic E-state index is 0.0538. The number of fused-ring (bicyclic) bond motifs is 1. The van der Waals surface area contributed by atoms with E-state index in [-0.39, 0.29) is 6.04 Å². The standard InChI is InChI=1S/C18H20N4O2/c1-3-17-19-20-18(23-17)16-9-13-6-4-5-7-14(13)10-22(16)11-15-8-12(2)21-24-15/h4-8,16H,3,9-11H2,1-2H3/t16-/m0/s1. The van der Waals surface area contributed by atoms with Gasteiger partial charge in [0.15, 0.2) is 5.76 Å². The van der Waals surface area contributed by atoms with Gasteiger partial charge in [0.2, 0.25) is 11.8 Å². The van der Waals surface area contributed by atoms with Crippen molar-refractivity contribution in [1.29, 1.82) is 0 Å². The summed E-state index contributed by atoms with van der Waals surface area (Å²) < 4.78 is 11.3. The van der Waals surface area contributed by atoms with Crippen molar-refractivity contribution in [3.63, 3.8) is 0 Å². The van der Waals surface area contributed by atoms with E-state index in [1.807, 2.05) is 19.9 Å². The molecule has 0 aliphatic carbocycles. The molecule has 6 heteroatoms. The van der Waals surface area contributed by atoms with Crippen LogP contribution in [0.2, 0.25) is 0 Å². The van der Waals surface area contributed by atoms with Gasteiger partial charge in [0.25, 0.3) is 0 Å². The molecule has 1 atom stereocenters. The maximum Gasteiger partial charge on any atom is 0.233 e. The van der Waals surface area contributed by atoms with Gasteiger partial charge in [0.1, 0.15) is 0 Å². The zero-order valence-electron chi connectivity index (χ0n) is 13.9. The molecule has 0 radical (unpaired) electrons. The molecule has 0 bridgehead atoms. The van der Waals surface area contributed by atoms with E-state index in [9.17, 15) is 0 Å². The van der Waals surface area contributed by atoms with Gasteiger partial charge in [-0.3, -0.25) is 4.90 Å². The zero-order chi connectivity index (χ0) is 16.5. The van der Waals surface area contributed by atoms with Crippen LogP contribution >= 0.6 is 0 Å². The van der Waals surface area contributed by atoms with Crippen LogP contribution in [0.5, 0.6) is 0 Å². The SMILES string of the molecule is CCc1nnc([C@@H]2Cc3ccccc3CN2Cc2cc(C)no2)o1. The fourth-order valence-electron chi connectivity index (χ4n) is 3.22. The van der Waals surface area contributed by atoms with Crippen LogP contribution in [0.3, 0.4) is 0 Å². The Hall–Kier alpha value is -2.47. The second kappa shape index (κ2) is 6.20. The number of aryl methyl sites for hydroxylation is 2. The molecule has 0 saturated heterocycles. The first kappa shape index (κ1) is 15.1. The molecule has 0 N–H and O–H groups in total. The molecule has 3 aromatic rings. The van der Waals surface area contributed by atoms with Crippen LogP contribution < -0.4 is 0 Å². The monoisotopic (exact) mass is 324 g/mol. The molecule has 1 aromatic carbocycles. The van der Waals surface area contributed by atoms with E-state index in [1.165, 1.54) is 11.1 Å². The van der Waals surface area contributed by atoms with Gasteiger partial charge < -0.3 is 8.94 Å². The number of hydrogen-bond donors (Lipinski definition) is 0. The molecule has 0 spiro atoms. The van der Waals surface area contributed by atoms with Gasteiger partial charge in [-0.15, -0.1) is 10.2 Å². The summed E-state index contributed by atoms with van der Waals surface area (Å²) >= 11 is 0. The van der Waals surface area contributed by atoms with Crippen LogP contribution in [-0.4, -0.2) is 20.3 Å². The maximum atomic E-state index is 5.85. The van der Waals surface area contributed by atoms with Crippen LogP contribution in [0.4, 0.5) is 0 Å². The van der Waals surface area contributed by atoms with Crippen molar-refractivity contribution in [3.8, 4) is 0 Å². The van der Waals surface area contributed by atoms with Crippen LogP contribution in [0.15, 0.2) is 39.3 Å². The summed E-state index contributed by atoms with van der Waals surface area (Å²) in [5.74, 6) is 2.21. The van der Waals surface area contributed by atoms with Gasteiger partial charge in [-0.25, -0.2) is 0 Å². The Morgan fingerprint density at radius 1 is 1.21 bits per heavy atom. The molecule has 1 aliphatic heterocycles. The Morgan fingerprint density at radius 3 is 2.75 bits per heavy atom. The second-order valence-corrected chi connectivity index (χ2v) is 6.22. The van der Waals surface area contributed by atoms with E-state index in [1.54, 1.807) is 0 Å². The smallest absolute Gasteiger partial charge is 0.233 e. The first-order chi connectivity index (χ1) is 11.7. The lowest BCUT2D eigenvalue weighted by atomic mass is 9.94. The lowest BCUT2D eigenvalue weighted by Gasteiger charge is -2.34. The molecule has 24 heavy (non-hydrogen) atoms. The number of nitrogens with zero attached hydrogens (tertiary/aromatic N) is 4. The fraction of sp³-hybridized carbons (Fsp3) is 0.389. The molecule has 124 valence electrons. The molecule has 0 saturated carbocycles. The molecule has 6 nitrogen and oxygen atoms in total. The molecule has 4 rings (SSSR count). The van der Waals surface area contributed by atoms with Crippen LogP contribution in [-0.2, 0) is 25.9 Å². The van der Waals surface area contributed by atoms with Crippen molar-refractivity contribution in [2.45, 2.75) is 45.8 Å². The van der Waals surface area contributed by atoms with E-state index in [0.29, 0.717) is 18.3 Å². The van der Waals surface area contributed by atoms with Crippen molar-refractivity contribution in [1.82, 2.24) is 20.3 Å². The predicted octanol–water partition coefficient (Wildman–Crippen LogP) is 3.23. The maximum absolute atomic E-state index is 5.85. The number of hydrogen-bond acceptors (Lipinski definition) is 6. The molecule has 3 heterocycles. The van der Waals surface area contributed by atoms with Gasteiger partial charge >= 0.3 is 0 Å². The van der Waals surface area contributed by atoms with Crippen molar-refractivity contribution in [3.05, 3.63) is 64.7 Å². The fourth-order valence-corrected chi connectivity index (χ4v) is 3.22. The largest absolute Gasteiger partial charge is 0.424 e. The van der Waals surface area contributed by atoms with E-state index in [0.717, 1.165) is 30.8 Å². The summed E-state index contributed by atoms with van der Waals surface area (Å²) in [5.41, 5.74) is 3.56. The van der Waals surface area contributed by atoms with E-state index in [2.05, 4.69) is 44.5 Å². The Balaban J connectivity index is 1.67. The Bertz CT molecular complexity index is 839. The van der Waals surface area contributed by atoms with Gasteiger partial charge in [0.05, 0.1) is 18.3 Å². The van der Waals surface area contributed by atoms with Crippen LogP contribution in [0, 0.1) is 6.92 Å². The Kier molecular flexibility index (Phi) is 3.90. The summed E-state index contributed by atoms with van der Waals surface area (Å²) in [4.78, 5) is 2.31. The van der Waals surface area contributed by atoms with Gasteiger partial charge in [-0.05, 0) is 24.5 Å². The Morgan fingerprint density at radius 2 is 2.04 bits per heavy atom. The average Bonchev–Trinajstić information content (AvgIpc) is 3.23. The van der Waals surface area contributed by atoms with Crippen LogP contribution in [0.1, 0.15) is 47.3 Å². The number of benzene rings is 1. The van der Waals surface area contributed by atoms with Gasteiger partial charge in [-0.1, -0.05) is 36.3 Å². The highest BCUT2D eigenvalue weighted by atomic mass is 16.5. The highest BCUT2D eigenvalue weighted by Crippen LogP contribution is 2.33. The molecular weight excluding hydrogens is 304 g/mol. The second-order valence-electron chi connectivity index (χ2n) is 6.22. The summed E-state index contributed by atoms with van der Waals surface area (Å²) in [6, 6.07) is 10.5. The quantitative estimate of drug-likeness (QED) is 0.734. The molecule has 0 unspecified atom stereocenters. The zero-order valence-corrected chi connectivity index (χ0v) is 13.9. The number of rotatable bonds is 4. The third-order valence-electron chi connectivity index (χ3n) is 4.45. The molecular formula is C18H20N4O2. The molecule has 2 aromatic heterocycles. The minimum Gasteiger partial charge on any atom is -0.424 e. The first-order valence-corrected chi connectivity index (χ1v) is 8.28. The average molecular weight is 324 g/mol. The van der Waals surface area contributed by atoms with Crippen molar-refractivity contribution in [2.75, 3.05) is 0 Å². The summed E-state index contributed by atoms with van der Waals surface area (Å²) in [7, 11) is 0. The van der Waals surface area contributed by atoms with Crippen LogP contribution in [0.25, 0.3) is 0 Å². The normalized spacial score (nSPS) is 17.8. The highest BCUT2D eigenvalue weighted by molar-refractivity contribution is 5.31. The first-order valence-electron chi connectivity index (χ1n) is 8.28. The van der Waals surface area contributed by atoms with Crippen molar-refractivity contribution in [2.24, 2.45) is 0 Å². The predicted molar refractivity (Wildman–Crippen MR) is 87.1 cm³/mol. The van der Waals surface area contributed by atoms with E-state index >= 15 is 0 Å². The van der Waals surface area contributed by atoms with Gasteiger partial charge in [-0.2, -0.15) is 0 Å². The van der Waals surface area contributed by atoms with E-state index < -0.39 is 0 Å². The molecule has 0 amide bonds. The Labute approximate surface area is 140 Å². The minimum atomic E-state index is 0.0538.